The average molecular weight is 577 g/mol. The van der Waals surface area contributed by atoms with Crippen LogP contribution in [0.5, 0.6) is 5.75 Å². The van der Waals surface area contributed by atoms with Crippen molar-refractivity contribution in [2.45, 2.75) is 63.7 Å². The summed E-state index contributed by atoms with van der Waals surface area (Å²) in [5.41, 5.74) is 1.69. The summed E-state index contributed by atoms with van der Waals surface area (Å²) in [5.74, 6) is -7.49. The van der Waals surface area contributed by atoms with E-state index in [0.29, 0.717) is 11.3 Å². The van der Waals surface area contributed by atoms with Crippen LogP contribution in [0.3, 0.4) is 0 Å². The quantitative estimate of drug-likeness (QED) is 0.189. The first kappa shape index (κ1) is 31.7. The van der Waals surface area contributed by atoms with Gasteiger partial charge in [-0.2, -0.15) is 11.8 Å². The van der Waals surface area contributed by atoms with E-state index in [1.807, 2.05) is 0 Å². The minimum atomic E-state index is -2.91. The molecule has 0 spiro atoms. The zero-order valence-electron chi connectivity index (χ0n) is 22.3. The van der Waals surface area contributed by atoms with Gasteiger partial charge in [0.2, 0.25) is 5.78 Å². The van der Waals surface area contributed by atoms with Gasteiger partial charge in [0.25, 0.3) is 5.91 Å². The van der Waals surface area contributed by atoms with E-state index < -0.39 is 70.1 Å². The number of Topliss-reactive ketones (excluding diaryl/α,β-unsaturated/α-hetero) is 2. The number of carbonyl (C=O) groups excluding carboxylic acids is 3. The summed E-state index contributed by atoms with van der Waals surface area (Å²) in [6.07, 6.45) is 2.66. The maximum atomic E-state index is 14.1. The zero-order chi connectivity index (χ0) is 28.8. The van der Waals surface area contributed by atoms with Gasteiger partial charge in [0.15, 0.2) is 11.4 Å². The van der Waals surface area contributed by atoms with Crippen LogP contribution in [-0.4, -0.2) is 91.3 Å². The van der Waals surface area contributed by atoms with Gasteiger partial charge in [-0.1, -0.05) is 45.7 Å². The Hall–Kier alpha value is -2.86. The Bertz CT molecular complexity index is 1260. The van der Waals surface area contributed by atoms with E-state index in [0.717, 1.165) is 31.4 Å². The Morgan fingerprint density at radius 3 is 2.40 bits per heavy atom. The summed E-state index contributed by atoms with van der Waals surface area (Å²) < 4.78 is 0. The molecule has 220 valence electrons. The number of unbranched alkanes of at least 4 members (excludes halogenated alkanes) is 3. The molecule has 3 aliphatic carbocycles. The van der Waals surface area contributed by atoms with Gasteiger partial charge in [-0.25, -0.2) is 0 Å². The van der Waals surface area contributed by atoms with Crippen LogP contribution in [0.15, 0.2) is 35.1 Å². The van der Waals surface area contributed by atoms with Crippen molar-refractivity contribution in [1.29, 1.82) is 0 Å². The van der Waals surface area contributed by atoms with E-state index in [1.54, 1.807) is 23.9 Å². The van der Waals surface area contributed by atoms with Crippen LogP contribution in [-0.2, 0) is 14.4 Å². The van der Waals surface area contributed by atoms with Crippen molar-refractivity contribution in [2.24, 2.45) is 17.6 Å². The highest BCUT2D eigenvalue weighted by Crippen LogP contribution is 2.56. The fourth-order valence-electron chi connectivity index (χ4n) is 6.43. The molecule has 1 aromatic rings. The number of hydrogen-bond acceptors (Lipinski definition) is 10. The van der Waals surface area contributed by atoms with Crippen LogP contribution in [0.1, 0.15) is 57.1 Å². The van der Waals surface area contributed by atoms with Gasteiger partial charge >= 0.3 is 0 Å². The highest BCUT2D eigenvalue weighted by Gasteiger charge is 2.68. The molecule has 0 radical (unpaired) electrons. The predicted octanol–water partition coefficient (Wildman–Crippen LogP) is 2.43. The largest absolute Gasteiger partial charge is 0.508 e. The molecule has 10 nitrogen and oxygen atoms in total. The van der Waals surface area contributed by atoms with E-state index in [1.165, 1.54) is 25.1 Å². The van der Waals surface area contributed by atoms with Crippen LogP contribution in [0.4, 0.5) is 0 Å². The molecular formula is C29H40N2O8S. The molecule has 6 atom stereocenters. The predicted molar refractivity (Wildman–Crippen MR) is 153 cm³/mol. The number of benzene rings is 1. The molecule has 1 saturated carbocycles. The van der Waals surface area contributed by atoms with Crippen LogP contribution in [0, 0.1) is 11.8 Å². The fourth-order valence-corrected chi connectivity index (χ4v) is 7.65. The summed E-state index contributed by atoms with van der Waals surface area (Å²) in [6.45, 7) is 2.12. The molecule has 7 N–H and O–H groups in total. The van der Waals surface area contributed by atoms with Crippen molar-refractivity contribution in [2.75, 3.05) is 25.6 Å². The highest BCUT2D eigenvalue weighted by molar-refractivity contribution is 7.99. The Labute approximate surface area is 238 Å². The number of nitrogens with zero attached hydrogens (tertiary/aromatic N) is 1. The number of nitrogens with two attached hydrogens (primary N) is 1. The van der Waals surface area contributed by atoms with Crippen molar-refractivity contribution in [3.8, 4) is 5.75 Å². The van der Waals surface area contributed by atoms with Gasteiger partial charge in [-0.3, -0.25) is 19.3 Å². The Balaban J connectivity index is 0.00000441. The number of carbonyl (C=O) groups is 3. The lowest BCUT2D eigenvalue weighted by molar-refractivity contribution is -0.169. The van der Waals surface area contributed by atoms with Crippen LogP contribution in [0.25, 0.3) is 5.76 Å². The van der Waals surface area contributed by atoms with Gasteiger partial charge in [0, 0.05) is 23.2 Å². The van der Waals surface area contributed by atoms with Crippen molar-refractivity contribution < 1.29 is 39.9 Å². The number of aliphatic hydroxyl groups excluding tert-OH is 3. The van der Waals surface area contributed by atoms with Crippen molar-refractivity contribution in [1.82, 2.24) is 4.90 Å². The lowest BCUT2D eigenvalue weighted by Gasteiger charge is -2.54. The number of thioether (sulfide) groups is 1. The minimum absolute atomic E-state index is 0. The smallest absolute Gasteiger partial charge is 0.255 e. The maximum absolute atomic E-state index is 14.1. The van der Waals surface area contributed by atoms with E-state index in [4.69, 9.17) is 5.73 Å². The molecule has 0 bridgehead atoms. The SMILES string of the molecule is C.CCCCCCSC[C@H]1c2cccc(O)c2C(O)=C2C(=O)[C@]3(O)C(O)=C(C(N)=O)C(=O)[C@@H](N(C)C)[C@@H]3[C@@H](O)[C@@H]21. The molecule has 40 heavy (non-hydrogen) atoms. The first-order valence-electron chi connectivity index (χ1n) is 13.1. The third-order valence-corrected chi connectivity index (χ3v) is 9.41. The second-order valence-electron chi connectivity index (χ2n) is 10.7. The summed E-state index contributed by atoms with van der Waals surface area (Å²) in [7, 11) is 2.98. The number of phenols is 1. The molecular weight excluding hydrogens is 536 g/mol. The molecule has 0 aromatic heterocycles. The molecule has 4 rings (SSSR count). The number of likely N-dealkylation sites (N-methyl/N-ethyl adjacent to an activating group) is 1. The van der Waals surface area contributed by atoms with E-state index in [-0.39, 0.29) is 24.3 Å². The average Bonchev–Trinajstić information content (AvgIpc) is 2.87. The van der Waals surface area contributed by atoms with Gasteiger partial charge in [-0.15, -0.1) is 0 Å². The molecule has 3 aliphatic rings. The monoisotopic (exact) mass is 576 g/mol. The molecule has 0 aliphatic heterocycles. The number of rotatable bonds is 9. The second-order valence-corrected chi connectivity index (χ2v) is 11.9. The molecule has 0 saturated heterocycles. The molecule has 0 heterocycles. The van der Waals surface area contributed by atoms with E-state index in [9.17, 15) is 39.9 Å². The summed E-state index contributed by atoms with van der Waals surface area (Å²) in [5, 5.41) is 56.6. The van der Waals surface area contributed by atoms with Gasteiger partial charge in [-0.05, 0) is 37.9 Å². The second kappa shape index (κ2) is 11.9. The highest BCUT2D eigenvalue weighted by atomic mass is 32.2. The lowest BCUT2D eigenvalue weighted by Crippen LogP contribution is -2.70. The number of amides is 1. The fraction of sp³-hybridized carbons (Fsp3) is 0.552. The maximum Gasteiger partial charge on any atom is 0.255 e. The summed E-state index contributed by atoms with van der Waals surface area (Å²) in [4.78, 5) is 40.9. The van der Waals surface area contributed by atoms with Gasteiger partial charge in [0.05, 0.1) is 23.6 Å². The van der Waals surface area contributed by atoms with Crippen LogP contribution >= 0.6 is 11.8 Å². The number of hydrogen-bond donors (Lipinski definition) is 6. The Morgan fingerprint density at radius 2 is 1.80 bits per heavy atom. The topological polar surface area (TPSA) is 182 Å². The first-order chi connectivity index (χ1) is 18.4. The van der Waals surface area contributed by atoms with Crippen molar-refractivity contribution >= 4 is 35.0 Å². The number of aromatic hydroxyl groups is 1. The van der Waals surface area contributed by atoms with Crippen LogP contribution in [0.2, 0.25) is 0 Å². The molecule has 11 heteroatoms. The molecule has 0 unspecified atom stereocenters. The number of phenolic OH excluding ortho intramolecular Hbond substituents is 1. The normalized spacial score (nSPS) is 29.6. The van der Waals surface area contributed by atoms with Gasteiger partial charge < -0.3 is 31.3 Å². The number of ketones is 2. The summed E-state index contributed by atoms with van der Waals surface area (Å²) >= 11 is 1.61. The third-order valence-electron chi connectivity index (χ3n) is 8.24. The third kappa shape index (κ3) is 4.72. The van der Waals surface area contributed by atoms with E-state index >= 15 is 0 Å². The zero-order valence-corrected chi connectivity index (χ0v) is 23.1. The Morgan fingerprint density at radius 1 is 1.12 bits per heavy atom. The molecule has 1 fully saturated rings. The minimum Gasteiger partial charge on any atom is -0.508 e. The number of primary amides is 1. The van der Waals surface area contributed by atoms with Crippen molar-refractivity contribution in [3.05, 3.63) is 46.2 Å². The molecule has 1 aromatic carbocycles. The molecule has 1 amide bonds. The standard InChI is InChI=1S/C28H36N2O8S.CH4/c1-4-5-6-7-11-39-12-14-13-9-8-10-15(31)16(13)22(32)18-17(14)23(33)20-21(30(2)3)24(34)19(27(29)37)26(36)28(20,38)25(18)35;/h8-10,14,17,20-21,23,31-33,36,38H,4-7,11-12H2,1-3H3,(H2,29,37);1H4/t14-,17+,20+,21-,23-,28-;/m0./s1. The van der Waals surface area contributed by atoms with Gasteiger partial charge in [0.1, 0.15) is 22.8 Å². The Kier molecular flexibility index (Phi) is 9.45. The lowest BCUT2D eigenvalue weighted by atomic mass is 9.54. The van der Waals surface area contributed by atoms with Crippen molar-refractivity contribution in [3.63, 3.8) is 0 Å². The van der Waals surface area contributed by atoms with Crippen LogP contribution < -0.4 is 5.73 Å². The number of fused-ring (bicyclic) bond motifs is 3. The summed E-state index contributed by atoms with van der Waals surface area (Å²) in [6, 6.07) is 3.30. The first-order valence-corrected chi connectivity index (χ1v) is 14.3. The van der Waals surface area contributed by atoms with E-state index in [2.05, 4.69) is 6.92 Å². The number of aliphatic hydroxyl groups is 4.